The number of rotatable bonds is 13. The van der Waals surface area contributed by atoms with E-state index in [0.717, 1.165) is 4.31 Å². The maximum absolute atomic E-state index is 14.1. The van der Waals surface area contributed by atoms with E-state index < -0.39 is 28.5 Å². The first-order valence-electron chi connectivity index (χ1n) is 13.0. The average Bonchev–Trinajstić information content (AvgIpc) is 2.93. The highest BCUT2D eigenvalue weighted by Gasteiger charge is 2.34. The summed E-state index contributed by atoms with van der Waals surface area (Å²) in [6.45, 7) is 5.64. The molecule has 0 aliphatic carbocycles. The van der Waals surface area contributed by atoms with Gasteiger partial charge in [0.2, 0.25) is 11.8 Å². The number of carbonyl (C=O) groups excluding carboxylic acids is 2. The zero-order valence-corrected chi connectivity index (χ0v) is 26.9. The molecule has 0 bridgehead atoms. The number of amides is 2. The number of nitrogens with zero attached hydrogens (tertiary/aromatic N) is 2. The van der Waals surface area contributed by atoms with Crippen LogP contribution in [0.4, 0.5) is 5.69 Å². The number of hydrogen-bond donors (Lipinski definition) is 1. The minimum atomic E-state index is -4.19. The second kappa shape index (κ2) is 14.9. The van der Waals surface area contributed by atoms with E-state index in [4.69, 9.17) is 27.9 Å². The molecular weight excluding hydrogens is 653 g/mol. The Morgan fingerprint density at radius 3 is 2.20 bits per heavy atom. The van der Waals surface area contributed by atoms with Crippen LogP contribution in [-0.4, -0.2) is 50.9 Å². The second-order valence-corrected chi connectivity index (χ2v) is 12.6. The molecule has 1 N–H and O–H groups in total. The van der Waals surface area contributed by atoms with Gasteiger partial charge in [0.05, 0.1) is 17.2 Å². The summed E-state index contributed by atoms with van der Waals surface area (Å²) in [4.78, 5) is 28.5. The molecule has 0 fully saturated rings. The van der Waals surface area contributed by atoms with E-state index in [0.29, 0.717) is 45.4 Å². The van der Waals surface area contributed by atoms with Crippen LogP contribution >= 0.6 is 39.1 Å². The summed E-state index contributed by atoms with van der Waals surface area (Å²) >= 11 is 15.8. The Morgan fingerprint density at radius 1 is 0.976 bits per heavy atom. The first-order valence-corrected chi connectivity index (χ1v) is 16.0. The van der Waals surface area contributed by atoms with E-state index in [9.17, 15) is 18.0 Å². The van der Waals surface area contributed by atoms with E-state index in [2.05, 4.69) is 21.2 Å². The van der Waals surface area contributed by atoms with Crippen molar-refractivity contribution >= 4 is 66.7 Å². The molecular formula is C29H32BrCl2N3O5S. The lowest BCUT2D eigenvalue weighted by Gasteiger charge is -2.33. The molecule has 8 nitrogen and oxygen atoms in total. The van der Waals surface area contributed by atoms with Crippen molar-refractivity contribution in [2.45, 2.75) is 44.7 Å². The van der Waals surface area contributed by atoms with Crippen LogP contribution in [0, 0.1) is 0 Å². The van der Waals surface area contributed by atoms with Crippen molar-refractivity contribution in [3.63, 3.8) is 0 Å². The number of likely N-dealkylation sites (N-methyl/N-ethyl adjacent to an activating group) is 1. The predicted molar refractivity (Wildman–Crippen MR) is 166 cm³/mol. The molecule has 0 saturated heterocycles. The van der Waals surface area contributed by atoms with Gasteiger partial charge in [0.1, 0.15) is 18.3 Å². The van der Waals surface area contributed by atoms with Crippen molar-refractivity contribution < 1.29 is 22.7 Å². The molecule has 0 radical (unpaired) electrons. The molecule has 0 unspecified atom stereocenters. The lowest BCUT2D eigenvalue weighted by Crippen LogP contribution is -2.52. The summed E-state index contributed by atoms with van der Waals surface area (Å²) in [6.07, 6.45) is 0.297. The minimum Gasteiger partial charge on any atom is -0.494 e. The van der Waals surface area contributed by atoms with Gasteiger partial charge in [-0.05, 0) is 86.5 Å². The van der Waals surface area contributed by atoms with E-state index in [1.807, 2.05) is 6.92 Å². The Kier molecular flexibility index (Phi) is 11.9. The van der Waals surface area contributed by atoms with Crippen LogP contribution in [0.1, 0.15) is 32.8 Å². The highest BCUT2D eigenvalue weighted by Crippen LogP contribution is 2.28. The van der Waals surface area contributed by atoms with Crippen molar-refractivity contribution in [1.29, 1.82) is 0 Å². The maximum Gasteiger partial charge on any atom is 0.264 e. The number of nitrogens with one attached hydrogen (secondary N) is 1. The van der Waals surface area contributed by atoms with Gasteiger partial charge in [-0.25, -0.2) is 8.42 Å². The molecule has 2 amide bonds. The molecule has 0 saturated carbocycles. The van der Waals surface area contributed by atoms with Crippen molar-refractivity contribution in [2.24, 2.45) is 0 Å². The first-order chi connectivity index (χ1) is 19.5. The van der Waals surface area contributed by atoms with E-state index in [-0.39, 0.29) is 23.0 Å². The van der Waals surface area contributed by atoms with Gasteiger partial charge < -0.3 is 15.0 Å². The largest absolute Gasteiger partial charge is 0.494 e. The van der Waals surface area contributed by atoms with Crippen molar-refractivity contribution in [3.05, 3.63) is 86.8 Å². The topological polar surface area (TPSA) is 96.0 Å². The summed E-state index contributed by atoms with van der Waals surface area (Å²) < 4.78 is 35.1. The van der Waals surface area contributed by atoms with E-state index >= 15 is 0 Å². The predicted octanol–water partition coefficient (Wildman–Crippen LogP) is 6.29. The second-order valence-electron chi connectivity index (χ2n) is 8.97. The molecule has 3 aromatic rings. The SMILES string of the molecule is CCNC(=O)[C@H](CC)N(Cc1ccc(Cl)cc1Cl)C(=O)CN(c1ccc(OCC)cc1)S(=O)(=O)c1ccc(Br)cc1. The summed E-state index contributed by atoms with van der Waals surface area (Å²) in [5.41, 5.74) is 0.829. The standard InChI is InChI=1S/C29H32BrCl2N3O5S/c1-4-27(29(37)33-5-2)34(18-20-7-10-22(31)17-26(20)32)28(36)19-35(23-11-13-24(14-12-23)40-6-3)41(38,39)25-15-8-21(30)9-16-25/h7-17,27H,4-6,18-19H2,1-3H3,(H,33,37)/t27-/m0/s1. The van der Waals surface area contributed by atoms with Gasteiger partial charge in [0.15, 0.2) is 0 Å². The monoisotopic (exact) mass is 683 g/mol. The Morgan fingerprint density at radius 2 is 1.63 bits per heavy atom. The molecule has 220 valence electrons. The summed E-state index contributed by atoms with van der Waals surface area (Å²) in [7, 11) is -4.19. The molecule has 3 rings (SSSR count). The van der Waals surface area contributed by atoms with Crippen LogP contribution in [0.5, 0.6) is 5.75 Å². The minimum absolute atomic E-state index is 0.00504. The van der Waals surface area contributed by atoms with Gasteiger partial charge in [-0.2, -0.15) is 0 Å². The Balaban J connectivity index is 2.08. The van der Waals surface area contributed by atoms with E-state index in [1.54, 1.807) is 68.4 Å². The van der Waals surface area contributed by atoms with Gasteiger partial charge in [0.25, 0.3) is 10.0 Å². The highest BCUT2D eigenvalue weighted by molar-refractivity contribution is 9.10. The third kappa shape index (κ3) is 8.38. The fraction of sp³-hybridized carbons (Fsp3) is 0.310. The lowest BCUT2D eigenvalue weighted by atomic mass is 10.1. The van der Waals surface area contributed by atoms with Gasteiger partial charge in [-0.3, -0.25) is 13.9 Å². The van der Waals surface area contributed by atoms with Gasteiger partial charge in [0, 0.05) is 27.6 Å². The third-order valence-corrected chi connectivity index (χ3v) is 9.11. The fourth-order valence-electron chi connectivity index (χ4n) is 4.18. The quantitative estimate of drug-likeness (QED) is 0.228. The molecule has 0 aliphatic rings. The smallest absolute Gasteiger partial charge is 0.264 e. The number of hydrogen-bond acceptors (Lipinski definition) is 5. The first kappa shape index (κ1) is 32.7. The van der Waals surface area contributed by atoms with Crippen molar-refractivity contribution in [2.75, 3.05) is 24.0 Å². The van der Waals surface area contributed by atoms with Crippen LogP contribution in [0.3, 0.4) is 0 Å². The number of ether oxygens (including phenoxy) is 1. The van der Waals surface area contributed by atoms with Crippen LogP contribution < -0.4 is 14.4 Å². The number of benzene rings is 3. The summed E-state index contributed by atoms with van der Waals surface area (Å²) in [5, 5.41) is 3.52. The Hall–Kier alpha value is -2.79. The number of carbonyl (C=O) groups is 2. The Labute approximate surface area is 259 Å². The number of sulfonamides is 1. The maximum atomic E-state index is 14.1. The van der Waals surface area contributed by atoms with E-state index in [1.165, 1.54) is 17.0 Å². The number of anilines is 1. The average molecular weight is 685 g/mol. The summed E-state index contributed by atoms with van der Waals surface area (Å²) in [6, 6.07) is 16.6. The highest BCUT2D eigenvalue weighted by atomic mass is 79.9. The zero-order chi connectivity index (χ0) is 30.2. The van der Waals surface area contributed by atoms with Crippen LogP contribution in [0.2, 0.25) is 10.0 Å². The zero-order valence-electron chi connectivity index (χ0n) is 22.9. The van der Waals surface area contributed by atoms with Crippen molar-refractivity contribution in [1.82, 2.24) is 10.2 Å². The molecule has 0 spiro atoms. The normalized spacial score (nSPS) is 12.0. The van der Waals surface area contributed by atoms with Crippen LogP contribution in [0.15, 0.2) is 76.1 Å². The molecule has 12 heteroatoms. The van der Waals surface area contributed by atoms with Crippen LogP contribution in [0.25, 0.3) is 0 Å². The molecule has 3 aromatic carbocycles. The molecule has 0 aliphatic heterocycles. The molecule has 0 aromatic heterocycles. The van der Waals surface area contributed by atoms with Gasteiger partial charge in [-0.15, -0.1) is 0 Å². The van der Waals surface area contributed by atoms with Gasteiger partial charge >= 0.3 is 0 Å². The molecule has 0 heterocycles. The van der Waals surface area contributed by atoms with Crippen molar-refractivity contribution in [3.8, 4) is 5.75 Å². The number of halogens is 3. The molecule has 41 heavy (non-hydrogen) atoms. The van der Waals surface area contributed by atoms with Crippen LogP contribution in [-0.2, 0) is 26.2 Å². The Bertz CT molecular complexity index is 1450. The summed E-state index contributed by atoms with van der Waals surface area (Å²) in [5.74, 6) is -0.370. The lowest BCUT2D eigenvalue weighted by molar-refractivity contribution is -0.140. The van der Waals surface area contributed by atoms with Gasteiger partial charge in [-0.1, -0.05) is 52.1 Å². The molecule has 1 atom stereocenters. The third-order valence-electron chi connectivity index (χ3n) is 6.21. The fourth-order valence-corrected chi connectivity index (χ4v) is 6.33.